The summed E-state index contributed by atoms with van der Waals surface area (Å²) in [6.07, 6.45) is 7.85. The van der Waals surface area contributed by atoms with Gasteiger partial charge in [0, 0.05) is 23.0 Å². The van der Waals surface area contributed by atoms with Crippen molar-refractivity contribution in [1.82, 2.24) is 0 Å². The maximum absolute atomic E-state index is 13.4. The van der Waals surface area contributed by atoms with Gasteiger partial charge in [0.05, 0.1) is 0 Å². The number of carbonyl (C=O) groups excluding carboxylic acids is 1. The monoisotopic (exact) mass is 446 g/mol. The molecule has 0 amide bonds. The third-order valence-corrected chi connectivity index (χ3v) is 7.47. The predicted molar refractivity (Wildman–Crippen MR) is 129 cm³/mol. The summed E-state index contributed by atoms with van der Waals surface area (Å²) in [5.74, 6) is 1.73. The largest absolute Gasteiger partial charge is 0.487 e. The second kappa shape index (κ2) is 8.55. The highest BCUT2D eigenvalue weighted by Gasteiger charge is 2.48. The summed E-state index contributed by atoms with van der Waals surface area (Å²) in [6, 6.07) is 11.8. The molecule has 33 heavy (non-hydrogen) atoms. The Kier molecular flexibility index (Phi) is 5.72. The van der Waals surface area contributed by atoms with Crippen molar-refractivity contribution in [2.75, 3.05) is 0 Å². The van der Waals surface area contributed by atoms with Gasteiger partial charge in [0.25, 0.3) is 6.29 Å². The maximum atomic E-state index is 13.4. The molecule has 4 heteroatoms. The number of cyclic esters (lactones) is 1. The van der Waals surface area contributed by atoms with Gasteiger partial charge in [0.15, 0.2) is 0 Å². The lowest BCUT2D eigenvalue weighted by Crippen LogP contribution is -2.45. The van der Waals surface area contributed by atoms with Crippen molar-refractivity contribution in [3.8, 4) is 11.5 Å². The molecule has 1 aliphatic carbocycles. The zero-order chi connectivity index (χ0) is 23.2. The fourth-order valence-corrected chi connectivity index (χ4v) is 5.74. The number of hydrogen-bond acceptors (Lipinski definition) is 4. The molecule has 174 valence electrons. The van der Waals surface area contributed by atoms with Gasteiger partial charge in [-0.3, -0.25) is 0 Å². The van der Waals surface area contributed by atoms with Crippen molar-refractivity contribution in [2.24, 2.45) is 5.92 Å². The molecule has 0 spiro atoms. The number of carbonyl (C=O) groups is 1. The van der Waals surface area contributed by atoms with E-state index in [1.807, 2.05) is 30.3 Å². The van der Waals surface area contributed by atoms with Crippen LogP contribution in [0.25, 0.3) is 0 Å². The molecule has 0 saturated carbocycles. The summed E-state index contributed by atoms with van der Waals surface area (Å²) in [7, 11) is 0. The normalized spacial score (nSPS) is 24.9. The number of ether oxygens (including phenoxy) is 3. The Balaban J connectivity index is 1.68. The van der Waals surface area contributed by atoms with Gasteiger partial charge in [-0.25, -0.2) is 4.79 Å². The van der Waals surface area contributed by atoms with Crippen molar-refractivity contribution in [2.45, 2.75) is 84.0 Å². The van der Waals surface area contributed by atoms with Crippen LogP contribution in [0.1, 0.15) is 99.1 Å². The molecule has 2 heterocycles. The second-order valence-electron chi connectivity index (χ2n) is 10.3. The molecule has 5 rings (SSSR count). The van der Waals surface area contributed by atoms with Crippen LogP contribution in [0.5, 0.6) is 11.5 Å². The third kappa shape index (κ3) is 3.94. The van der Waals surface area contributed by atoms with Gasteiger partial charge in [-0.1, -0.05) is 61.7 Å². The van der Waals surface area contributed by atoms with Gasteiger partial charge in [0.1, 0.15) is 22.7 Å². The molecule has 0 saturated heterocycles. The van der Waals surface area contributed by atoms with Crippen molar-refractivity contribution < 1.29 is 19.0 Å². The maximum Gasteiger partial charge on any atom is 0.345 e. The molecule has 0 bridgehead atoms. The first-order valence-corrected chi connectivity index (χ1v) is 12.4. The summed E-state index contributed by atoms with van der Waals surface area (Å²) in [6.45, 7) is 8.78. The summed E-state index contributed by atoms with van der Waals surface area (Å²) < 4.78 is 19.0. The number of benzene rings is 2. The van der Waals surface area contributed by atoms with Crippen LogP contribution in [0.3, 0.4) is 0 Å². The highest BCUT2D eigenvalue weighted by Crippen LogP contribution is 2.56. The van der Waals surface area contributed by atoms with E-state index in [1.165, 1.54) is 5.57 Å². The van der Waals surface area contributed by atoms with E-state index in [4.69, 9.17) is 14.2 Å². The average Bonchev–Trinajstić information content (AvgIpc) is 2.78. The molecule has 3 atom stereocenters. The number of esters is 1. The molecule has 3 unspecified atom stereocenters. The Hall–Kier alpha value is -2.75. The molecule has 0 radical (unpaired) electrons. The molecular formula is C29H34O4. The van der Waals surface area contributed by atoms with Crippen LogP contribution >= 0.6 is 0 Å². The molecule has 0 fully saturated rings. The van der Waals surface area contributed by atoms with Crippen LogP contribution in [0.4, 0.5) is 0 Å². The van der Waals surface area contributed by atoms with Gasteiger partial charge in [-0.2, -0.15) is 0 Å². The van der Waals surface area contributed by atoms with E-state index in [0.29, 0.717) is 17.2 Å². The number of aryl methyl sites for hydroxylation is 1. The zero-order valence-electron chi connectivity index (χ0n) is 20.1. The fourth-order valence-electron chi connectivity index (χ4n) is 5.74. The summed E-state index contributed by atoms with van der Waals surface area (Å²) in [5.41, 5.74) is 4.53. The summed E-state index contributed by atoms with van der Waals surface area (Å²) >= 11 is 0. The van der Waals surface area contributed by atoms with Crippen molar-refractivity contribution in [3.63, 3.8) is 0 Å². The molecule has 4 nitrogen and oxygen atoms in total. The second-order valence-corrected chi connectivity index (χ2v) is 10.3. The number of unbranched alkanes of at least 4 members (excludes halogenated alkanes) is 2. The molecule has 2 aromatic rings. The van der Waals surface area contributed by atoms with Crippen LogP contribution in [0.2, 0.25) is 0 Å². The van der Waals surface area contributed by atoms with E-state index in [9.17, 15) is 4.79 Å². The SMILES string of the molecule is CCCCCc1cc2c(c3c1C(=O)OC(c1ccccc1)O3)C1C=C(C)CCC1C(C)(C)O2. The number of hydrogen-bond donors (Lipinski definition) is 0. The minimum Gasteiger partial charge on any atom is -0.487 e. The van der Waals surface area contributed by atoms with Gasteiger partial charge >= 0.3 is 5.97 Å². The van der Waals surface area contributed by atoms with Crippen molar-refractivity contribution in [1.29, 1.82) is 0 Å². The van der Waals surface area contributed by atoms with Crippen molar-refractivity contribution in [3.05, 3.63) is 70.3 Å². The van der Waals surface area contributed by atoms with Crippen molar-refractivity contribution >= 4 is 5.97 Å². The number of rotatable bonds is 5. The first-order chi connectivity index (χ1) is 15.9. The van der Waals surface area contributed by atoms with E-state index in [-0.39, 0.29) is 17.5 Å². The lowest BCUT2D eigenvalue weighted by atomic mass is 9.67. The van der Waals surface area contributed by atoms with E-state index >= 15 is 0 Å². The lowest BCUT2D eigenvalue weighted by Gasteiger charge is -2.47. The first-order valence-electron chi connectivity index (χ1n) is 12.4. The molecule has 0 N–H and O–H groups in total. The Morgan fingerprint density at radius 2 is 1.88 bits per heavy atom. The van der Waals surface area contributed by atoms with Crippen LogP contribution in [0, 0.1) is 5.92 Å². The molecule has 2 aromatic carbocycles. The van der Waals surface area contributed by atoms with E-state index < -0.39 is 6.29 Å². The quantitative estimate of drug-likeness (QED) is 0.275. The molecule has 0 aromatic heterocycles. The number of allylic oxidation sites excluding steroid dienone is 2. The zero-order valence-corrected chi connectivity index (χ0v) is 20.1. The minimum absolute atomic E-state index is 0.165. The Morgan fingerprint density at radius 1 is 1.09 bits per heavy atom. The Labute approximate surface area is 196 Å². The van der Waals surface area contributed by atoms with Gasteiger partial charge in [-0.05, 0) is 58.1 Å². The van der Waals surface area contributed by atoms with Crippen LogP contribution < -0.4 is 9.47 Å². The van der Waals surface area contributed by atoms with E-state index in [0.717, 1.165) is 61.0 Å². The molecular weight excluding hydrogens is 412 g/mol. The van der Waals surface area contributed by atoms with E-state index in [1.54, 1.807) is 0 Å². The van der Waals surface area contributed by atoms with Gasteiger partial charge in [0.2, 0.25) is 0 Å². The fraction of sp³-hybridized carbons (Fsp3) is 0.483. The van der Waals surface area contributed by atoms with Crippen LogP contribution in [-0.4, -0.2) is 11.6 Å². The third-order valence-electron chi connectivity index (χ3n) is 7.47. The topological polar surface area (TPSA) is 44.8 Å². The lowest BCUT2D eigenvalue weighted by molar-refractivity contribution is -0.0650. The first kappa shape index (κ1) is 22.1. The standard InChI is InChI=1S/C29H34O4/c1-5-6-8-13-20-17-23-25(21-16-18(2)14-15-22(21)29(3,4)33-23)26-24(20)27(30)32-28(31-26)19-11-9-7-10-12-19/h7,9-12,16-17,21-22,28H,5-6,8,13-15H2,1-4H3. The highest BCUT2D eigenvalue weighted by atomic mass is 16.7. The highest BCUT2D eigenvalue weighted by molar-refractivity contribution is 5.96. The van der Waals surface area contributed by atoms with Crippen LogP contribution in [0.15, 0.2) is 48.0 Å². The number of fused-ring (bicyclic) bond motifs is 5. The summed E-state index contributed by atoms with van der Waals surface area (Å²) in [4.78, 5) is 13.4. The predicted octanol–water partition coefficient (Wildman–Crippen LogP) is 7.28. The average molecular weight is 447 g/mol. The summed E-state index contributed by atoms with van der Waals surface area (Å²) in [5, 5.41) is 0. The molecule has 3 aliphatic rings. The van der Waals surface area contributed by atoms with Gasteiger partial charge in [-0.15, -0.1) is 0 Å². The Bertz CT molecular complexity index is 1080. The van der Waals surface area contributed by atoms with E-state index in [2.05, 4.69) is 39.8 Å². The minimum atomic E-state index is -0.747. The molecule has 2 aliphatic heterocycles. The van der Waals surface area contributed by atoms with Crippen LogP contribution in [-0.2, 0) is 11.2 Å². The van der Waals surface area contributed by atoms with Gasteiger partial charge < -0.3 is 14.2 Å². The smallest absolute Gasteiger partial charge is 0.345 e. The Morgan fingerprint density at radius 3 is 2.64 bits per heavy atom.